The molecule has 39 heavy (non-hydrogen) atoms. The van der Waals surface area contributed by atoms with Crippen LogP contribution in [-0.4, -0.2) is 57.3 Å². The van der Waals surface area contributed by atoms with Crippen molar-refractivity contribution in [3.8, 4) is 5.69 Å². The highest BCUT2D eigenvalue weighted by Crippen LogP contribution is 2.51. The van der Waals surface area contributed by atoms with Crippen LogP contribution in [0.2, 0.25) is 0 Å². The minimum absolute atomic E-state index is 0.0157. The molecule has 11 heteroatoms. The lowest BCUT2D eigenvalue weighted by Gasteiger charge is -2.46. The molecule has 2 aliphatic rings. The van der Waals surface area contributed by atoms with Crippen LogP contribution in [0.5, 0.6) is 0 Å². The van der Waals surface area contributed by atoms with Crippen molar-refractivity contribution in [3.05, 3.63) is 82.0 Å². The van der Waals surface area contributed by atoms with E-state index in [9.17, 15) is 13.4 Å². The minimum atomic E-state index is -2.86. The summed E-state index contributed by atoms with van der Waals surface area (Å²) in [6.07, 6.45) is 9.63. The summed E-state index contributed by atoms with van der Waals surface area (Å²) in [4.78, 5) is 18.6. The van der Waals surface area contributed by atoms with Crippen molar-refractivity contribution in [1.29, 1.82) is 0 Å². The van der Waals surface area contributed by atoms with Gasteiger partial charge in [-0.25, -0.2) is 22.6 Å². The van der Waals surface area contributed by atoms with E-state index in [1.54, 1.807) is 53.2 Å². The molecule has 1 saturated carbocycles. The molecule has 8 nitrogen and oxygen atoms in total. The van der Waals surface area contributed by atoms with Crippen molar-refractivity contribution < 1.29 is 13.4 Å². The monoisotopic (exact) mass is 564 g/mol. The van der Waals surface area contributed by atoms with Crippen molar-refractivity contribution in [3.63, 3.8) is 0 Å². The van der Waals surface area contributed by atoms with E-state index in [4.69, 9.17) is 0 Å². The molecular weight excluding hydrogens is 535 g/mol. The molecule has 0 amide bonds. The van der Waals surface area contributed by atoms with Gasteiger partial charge in [0.2, 0.25) is 5.78 Å². The lowest BCUT2D eigenvalue weighted by molar-refractivity contribution is 0.0747. The van der Waals surface area contributed by atoms with Crippen molar-refractivity contribution in [2.75, 3.05) is 6.54 Å². The van der Waals surface area contributed by atoms with Crippen LogP contribution in [0.1, 0.15) is 47.2 Å². The number of thiazole rings is 1. The molecule has 0 N–H and O–H groups in total. The second-order valence-corrected chi connectivity index (χ2v) is 13.2. The Kier molecular flexibility index (Phi) is 6.40. The summed E-state index contributed by atoms with van der Waals surface area (Å²) < 4.78 is 33.0. The predicted molar refractivity (Wildman–Crippen MR) is 151 cm³/mol. The lowest BCUT2D eigenvalue weighted by atomic mass is 9.61. The highest BCUT2D eigenvalue weighted by molar-refractivity contribution is 7.98. The van der Waals surface area contributed by atoms with Gasteiger partial charge in [-0.1, -0.05) is 12.5 Å². The first-order valence-electron chi connectivity index (χ1n) is 12.8. The number of rotatable bonds is 7. The highest BCUT2D eigenvalue weighted by atomic mass is 32.2. The van der Waals surface area contributed by atoms with E-state index < -0.39 is 15.1 Å². The zero-order valence-electron chi connectivity index (χ0n) is 21.8. The summed E-state index contributed by atoms with van der Waals surface area (Å²) in [5, 5.41) is 11.7. The second kappa shape index (κ2) is 9.65. The molecular formula is C28H29FN6O2S2. The van der Waals surface area contributed by atoms with Crippen LogP contribution in [-0.2, 0) is 23.2 Å². The zero-order valence-corrected chi connectivity index (χ0v) is 23.4. The highest BCUT2D eigenvalue weighted by Gasteiger charge is 2.51. The van der Waals surface area contributed by atoms with Crippen molar-refractivity contribution >= 4 is 38.8 Å². The molecule has 1 fully saturated rings. The van der Waals surface area contributed by atoms with Gasteiger partial charge in [0.1, 0.15) is 5.82 Å². The first-order chi connectivity index (χ1) is 18.7. The Morgan fingerprint density at radius 1 is 1.31 bits per heavy atom. The summed E-state index contributed by atoms with van der Waals surface area (Å²) in [7, 11) is -1.07. The van der Waals surface area contributed by atoms with E-state index in [-0.39, 0.29) is 17.6 Å². The van der Waals surface area contributed by atoms with Crippen molar-refractivity contribution in [1.82, 2.24) is 28.9 Å². The molecule has 0 radical (unpaired) electrons. The number of fused-ring (bicyclic) bond motifs is 2. The largest absolute Gasteiger partial charge is 0.290 e. The maximum absolute atomic E-state index is 14.2. The Morgan fingerprint density at radius 3 is 2.77 bits per heavy atom. The first kappa shape index (κ1) is 25.8. The van der Waals surface area contributed by atoms with Crippen LogP contribution in [0, 0.1) is 11.2 Å². The number of carbonyl (C=O) groups excluding carboxylic acids is 1. The molecule has 0 saturated heterocycles. The topological polar surface area (TPSA) is 85.9 Å². The van der Waals surface area contributed by atoms with E-state index in [0.717, 1.165) is 28.9 Å². The Balaban J connectivity index is 1.42. The van der Waals surface area contributed by atoms with Gasteiger partial charge >= 0.3 is 0 Å². The van der Waals surface area contributed by atoms with E-state index in [0.29, 0.717) is 35.8 Å². The third-order valence-electron chi connectivity index (χ3n) is 7.88. The van der Waals surface area contributed by atoms with Crippen LogP contribution in [0.15, 0.2) is 64.9 Å². The van der Waals surface area contributed by atoms with Gasteiger partial charge in [-0.2, -0.15) is 10.2 Å². The van der Waals surface area contributed by atoms with Crippen LogP contribution < -0.4 is 0 Å². The number of hydrogen-bond acceptors (Lipinski definition) is 6. The fourth-order valence-corrected chi connectivity index (χ4v) is 8.57. The number of benzene rings is 1. The number of carbonyl (C=O) groups is 1. The molecule has 1 aromatic carbocycles. The van der Waals surface area contributed by atoms with Gasteiger partial charge in [0.15, 0.2) is 10.0 Å². The Labute approximate surface area is 230 Å². The quantitative estimate of drug-likeness (QED) is 0.242. The molecule has 0 spiro atoms. The molecule has 3 aromatic heterocycles. The van der Waals surface area contributed by atoms with Gasteiger partial charge < -0.3 is 0 Å². The number of aryl methyl sites for hydroxylation is 1. The van der Waals surface area contributed by atoms with E-state index in [2.05, 4.69) is 27.1 Å². The third kappa shape index (κ3) is 4.29. The maximum atomic E-state index is 14.2. The summed E-state index contributed by atoms with van der Waals surface area (Å²) in [6, 6.07) is 7.83. The molecule has 0 aliphatic heterocycles. The molecule has 202 valence electrons. The fraction of sp³-hybridized carbons (Fsp3) is 0.321. The Bertz CT molecular complexity index is 1670. The average molecular weight is 565 g/mol. The van der Waals surface area contributed by atoms with E-state index in [1.807, 2.05) is 16.6 Å². The van der Waals surface area contributed by atoms with Crippen LogP contribution >= 0.6 is 11.3 Å². The number of ketones is 1. The lowest BCUT2D eigenvalue weighted by Crippen LogP contribution is -2.50. The van der Waals surface area contributed by atoms with E-state index in [1.165, 1.54) is 23.5 Å². The molecule has 6 rings (SSSR count). The van der Waals surface area contributed by atoms with Gasteiger partial charge in [0.05, 0.1) is 32.7 Å². The number of aromatic nitrogens is 5. The van der Waals surface area contributed by atoms with Gasteiger partial charge in [-0.15, -0.1) is 11.3 Å². The van der Waals surface area contributed by atoms with Gasteiger partial charge in [-0.3, -0.25) is 9.48 Å². The third-order valence-corrected chi connectivity index (χ3v) is 10.8. The minimum Gasteiger partial charge on any atom is -0.290 e. The number of hydrogen-bond donors (Lipinski definition) is 0. The zero-order chi connectivity index (χ0) is 27.4. The van der Waals surface area contributed by atoms with Crippen LogP contribution in [0.25, 0.3) is 11.8 Å². The first-order valence-corrected chi connectivity index (χ1v) is 15.4. The predicted octanol–water partition coefficient (Wildman–Crippen LogP) is 4.58. The molecule has 2 aliphatic carbocycles. The Morgan fingerprint density at radius 2 is 2.10 bits per heavy atom. The second-order valence-electron chi connectivity index (χ2n) is 10.1. The summed E-state index contributed by atoms with van der Waals surface area (Å²) in [5.74, 6) is 3.81. The standard InChI is InChI=1S/C28H29FN6O2S2/c1-4-34(39(3,37)25-11-13-33(2)32-25)23-8-5-20-15-24-19(18-31-35(24)22-9-6-21(29)7-10-22)16-28(20,17-23)26(36)27-30-12-14-38-27/h6-7,9-15,18,23H,3-5,8,16-17H2,1-2H3/t23-,28-,39?/m0/s1. The number of halogens is 1. The SMILES string of the molecule is C=S(=O)(c1ccn(C)n1)N(CC)[C@H]1CCC2=Cc3c(cnn3-c3ccc(F)cc3)C[C@]2(C(=O)c2nccs2)C1. The van der Waals surface area contributed by atoms with Gasteiger partial charge in [0, 0.05) is 37.4 Å². The summed E-state index contributed by atoms with van der Waals surface area (Å²) in [6.45, 7) is 2.48. The molecule has 3 atom stereocenters. The van der Waals surface area contributed by atoms with Gasteiger partial charge in [-0.05, 0) is 73.5 Å². The number of allylic oxidation sites excluding steroid dienone is 1. The fourth-order valence-electron chi connectivity index (χ4n) is 6.05. The van der Waals surface area contributed by atoms with E-state index >= 15 is 0 Å². The Hall–Kier alpha value is -3.41. The maximum Gasteiger partial charge on any atom is 0.201 e. The molecule has 0 bridgehead atoms. The van der Waals surface area contributed by atoms with Crippen LogP contribution in [0.4, 0.5) is 4.39 Å². The van der Waals surface area contributed by atoms with Crippen molar-refractivity contribution in [2.24, 2.45) is 12.5 Å². The molecule has 1 unspecified atom stereocenters. The summed E-state index contributed by atoms with van der Waals surface area (Å²) >= 11 is 1.34. The molecule has 4 aromatic rings. The normalized spacial score (nSPS) is 22.2. The van der Waals surface area contributed by atoms with Crippen LogP contribution in [0.3, 0.4) is 0 Å². The number of nitrogens with zero attached hydrogens (tertiary/aromatic N) is 6. The smallest absolute Gasteiger partial charge is 0.201 e. The molecule has 3 heterocycles. The van der Waals surface area contributed by atoms with Gasteiger partial charge in [0.25, 0.3) is 0 Å². The van der Waals surface area contributed by atoms with Crippen molar-refractivity contribution in [2.45, 2.75) is 43.7 Å². The average Bonchev–Trinajstić information content (AvgIpc) is 3.69. The summed E-state index contributed by atoms with van der Waals surface area (Å²) in [5.41, 5.74) is 2.79. The number of Topliss-reactive ketones (excluding diaryl/α,β-unsaturated/α-hetero) is 1.